The maximum atomic E-state index is 12.4. The molecule has 0 unspecified atom stereocenters. The number of carbonyl (C=O) groups is 1. The first-order valence-corrected chi connectivity index (χ1v) is 6.64. The molecule has 0 fully saturated rings. The van der Waals surface area contributed by atoms with Crippen molar-refractivity contribution in [3.63, 3.8) is 0 Å². The Hall–Kier alpha value is -2.33. The molecule has 1 atom stereocenters. The van der Waals surface area contributed by atoms with Gasteiger partial charge in [0.2, 0.25) is 0 Å². The summed E-state index contributed by atoms with van der Waals surface area (Å²) in [5.74, 6) is 0.591. The van der Waals surface area contributed by atoms with Gasteiger partial charge in [-0.25, -0.2) is 0 Å². The van der Waals surface area contributed by atoms with Crippen LogP contribution in [-0.4, -0.2) is 31.2 Å². The van der Waals surface area contributed by atoms with E-state index in [0.717, 1.165) is 5.56 Å². The highest BCUT2D eigenvalue weighted by Gasteiger charge is 2.21. The average molecular weight is 286 g/mol. The number of benzene rings is 2. The number of aliphatic hydroxyl groups excluding tert-OH is 1. The van der Waals surface area contributed by atoms with Crippen LogP contribution in [0.15, 0.2) is 48.5 Å². The molecule has 4 heteroatoms. The smallest absolute Gasteiger partial charge is 0.195 e. The first-order valence-electron chi connectivity index (χ1n) is 6.64. The third-order valence-corrected chi connectivity index (χ3v) is 3.25. The van der Waals surface area contributed by atoms with E-state index >= 15 is 0 Å². The second kappa shape index (κ2) is 6.90. The van der Waals surface area contributed by atoms with Crippen LogP contribution in [0.25, 0.3) is 0 Å². The summed E-state index contributed by atoms with van der Waals surface area (Å²) in [6, 6.07) is 14.3. The van der Waals surface area contributed by atoms with Gasteiger partial charge in [-0.15, -0.1) is 0 Å². The zero-order valence-electron chi connectivity index (χ0n) is 12.1. The number of hydrogen-bond donors (Lipinski definition) is 1. The van der Waals surface area contributed by atoms with Gasteiger partial charge in [-0.1, -0.05) is 30.3 Å². The van der Waals surface area contributed by atoms with E-state index in [1.54, 1.807) is 18.2 Å². The molecule has 0 bridgehead atoms. The van der Waals surface area contributed by atoms with Crippen molar-refractivity contribution in [2.24, 2.45) is 0 Å². The predicted molar refractivity (Wildman–Crippen MR) is 80.0 cm³/mol. The fourth-order valence-electron chi connectivity index (χ4n) is 2.12. The maximum absolute atomic E-state index is 12.4. The van der Waals surface area contributed by atoms with E-state index in [9.17, 15) is 9.90 Å². The van der Waals surface area contributed by atoms with E-state index in [2.05, 4.69) is 0 Å². The third kappa shape index (κ3) is 3.61. The number of ether oxygens (including phenoxy) is 2. The van der Waals surface area contributed by atoms with Crippen molar-refractivity contribution in [3.05, 3.63) is 59.7 Å². The van der Waals surface area contributed by atoms with E-state index < -0.39 is 6.10 Å². The molecule has 0 aliphatic carbocycles. The molecule has 0 heterocycles. The Morgan fingerprint density at radius 2 is 1.81 bits per heavy atom. The standard InChI is InChI=1S/C17H18O4/c1-20-13-8-9-16(21-2)14(11-13)17(19)15(18)10-12-6-4-3-5-7-12/h3-9,11,15,18H,10H2,1-2H3/t15-/m0/s1. The summed E-state index contributed by atoms with van der Waals surface area (Å²) in [5.41, 5.74) is 1.22. The Morgan fingerprint density at radius 1 is 1.10 bits per heavy atom. The minimum absolute atomic E-state index is 0.264. The summed E-state index contributed by atoms with van der Waals surface area (Å²) in [4.78, 5) is 12.4. The van der Waals surface area contributed by atoms with Crippen LogP contribution in [-0.2, 0) is 6.42 Å². The Bertz CT molecular complexity index is 607. The van der Waals surface area contributed by atoms with Crippen LogP contribution in [0, 0.1) is 0 Å². The molecule has 0 amide bonds. The molecule has 0 saturated carbocycles. The molecule has 21 heavy (non-hydrogen) atoms. The summed E-state index contributed by atoms with van der Waals surface area (Å²) in [5, 5.41) is 10.2. The van der Waals surface area contributed by atoms with Crippen LogP contribution >= 0.6 is 0 Å². The first-order chi connectivity index (χ1) is 10.2. The molecule has 2 aromatic carbocycles. The van der Waals surface area contributed by atoms with Gasteiger partial charge in [0.15, 0.2) is 5.78 Å². The molecule has 0 aromatic heterocycles. The number of ketones is 1. The molecule has 0 saturated heterocycles. The van der Waals surface area contributed by atoms with Crippen molar-refractivity contribution in [1.29, 1.82) is 0 Å². The normalized spacial score (nSPS) is 11.8. The topological polar surface area (TPSA) is 55.8 Å². The third-order valence-electron chi connectivity index (χ3n) is 3.25. The fourth-order valence-corrected chi connectivity index (χ4v) is 2.12. The molecule has 110 valence electrons. The lowest BCUT2D eigenvalue weighted by molar-refractivity contribution is 0.0744. The SMILES string of the molecule is COc1ccc(OC)c(C(=O)[C@@H](O)Cc2ccccc2)c1. The fraction of sp³-hybridized carbons (Fsp3) is 0.235. The lowest BCUT2D eigenvalue weighted by Gasteiger charge is -2.13. The highest BCUT2D eigenvalue weighted by Crippen LogP contribution is 2.25. The Morgan fingerprint density at radius 3 is 2.43 bits per heavy atom. The van der Waals surface area contributed by atoms with E-state index in [-0.39, 0.29) is 12.2 Å². The zero-order valence-corrected chi connectivity index (χ0v) is 12.1. The maximum Gasteiger partial charge on any atom is 0.195 e. The minimum atomic E-state index is -1.12. The molecule has 0 aliphatic heterocycles. The summed E-state index contributed by atoms with van der Waals surface area (Å²) in [7, 11) is 3.01. The van der Waals surface area contributed by atoms with Gasteiger partial charge < -0.3 is 14.6 Å². The van der Waals surface area contributed by atoms with Crippen molar-refractivity contribution in [2.45, 2.75) is 12.5 Å². The highest BCUT2D eigenvalue weighted by atomic mass is 16.5. The molecular weight excluding hydrogens is 268 g/mol. The van der Waals surface area contributed by atoms with Gasteiger partial charge in [-0.2, -0.15) is 0 Å². The lowest BCUT2D eigenvalue weighted by atomic mass is 9.99. The van der Waals surface area contributed by atoms with Gasteiger partial charge in [0.05, 0.1) is 19.8 Å². The van der Waals surface area contributed by atoms with Gasteiger partial charge in [0.1, 0.15) is 17.6 Å². The number of methoxy groups -OCH3 is 2. The average Bonchev–Trinajstić information content (AvgIpc) is 2.54. The van der Waals surface area contributed by atoms with Crippen LogP contribution in [0.5, 0.6) is 11.5 Å². The zero-order chi connectivity index (χ0) is 15.2. The number of aliphatic hydroxyl groups is 1. The molecule has 0 radical (unpaired) electrons. The Labute approximate surface area is 123 Å². The van der Waals surface area contributed by atoms with Gasteiger partial charge in [0, 0.05) is 6.42 Å². The monoisotopic (exact) mass is 286 g/mol. The number of rotatable bonds is 6. The highest BCUT2D eigenvalue weighted by molar-refractivity contribution is 6.02. The van der Waals surface area contributed by atoms with Crippen molar-refractivity contribution < 1.29 is 19.4 Å². The first kappa shape index (κ1) is 15.1. The number of Topliss-reactive ketones (excluding diaryl/α,β-unsaturated/α-hetero) is 1. The quantitative estimate of drug-likeness (QED) is 0.829. The van der Waals surface area contributed by atoms with Gasteiger partial charge in [-0.3, -0.25) is 4.79 Å². The second-order valence-electron chi connectivity index (χ2n) is 4.64. The van der Waals surface area contributed by atoms with Gasteiger partial charge >= 0.3 is 0 Å². The van der Waals surface area contributed by atoms with Crippen molar-refractivity contribution in [2.75, 3.05) is 14.2 Å². The molecule has 0 aliphatic rings. The van der Waals surface area contributed by atoms with Crippen LogP contribution in [0.4, 0.5) is 0 Å². The van der Waals surface area contributed by atoms with E-state index in [1.807, 2.05) is 30.3 Å². The lowest BCUT2D eigenvalue weighted by Crippen LogP contribution is -2.23. The van der Waals surface area contributed by atoms with E-state index in [1.165, 1.54) is 14.2 Å². The van der Waals surface area contributed by atoms with E-state index in [4.69, 9.17) is 9.47 Å². The summed E-state index contributed by atoms with van der Waals surface area (Å²) < 4.78 is 10.3. The molecule has 4 nitrogen and oxygen atoms in total. The number of carbonyl (C=O) groups excluding carboxylic acids is 1. The van der Waals surface area contributed by atoms with Gasteiger partial charge in [0.25, 0.3) is 0 Å². The molecule has 2 rings (SSSR count). The largest absolute Gasteiger partial charge is 0.497 e. The van der Waals surface area contributed by atoms with Crippen molar-refractivity contribution in [3.8, 4) is 11.5 Å². The van der Waals surface area contributed by atoms with Crippen LogP contribution in [0.3, 0.4) is 0 Å². The second-order valence-corrected chi connectivity index (χ2v) is 4.64. The van der Waals surface area contributed by atoms with Crippen molar-refractivity contribution in [1.82, 2.24) is 0 Å². The molecular formula is C17H18O4. The summed E-state index contributed by atoms with van der Waals surface area (Å²) in [6.07, 6.45) is -0.853. The number of hydrogen-bond acceptors (Lipinski definition) is 4. The van der Waals surface area contributed by atoms with Crippen molar-refractivity contribution >= 4 is 5.78 Å². The predicted octanol–water partition coefficient (Wildman–Crippen LogP) is 2.49. The van der Waals surface area contributed by atoms with Crippen LogP contribution in [0.1, 0.15) is 15.9 Å². The van der Waals surface area contributed by atoms with Crippen LogP contribution in [0.2, 0.25) is 0 Å². The van der Waals surface area contributed by atoms with E-state index in [0.29, 0.717) is 17.1 Å². The molecule has 0 spiro atoms. The summed E-state index contributed by atoms with van der Waals surface area (Å²) in [6.45, 7) is 0. The minimum Gasteiger partial charge on any atom is -0.497 e. The summed E-state index contributed by atoms with van der Waals surface area (Å²) >= 11 is 0. The van der Waals surface area contributed by atoms with Gasteiger partial charge in [-0.05, 0) is 23.8 Å². The Balaban J connectivity index is 2.22. The Kier molecular flexibility index (Phi) is 4.95. The molecule has 2 aromatic rings. The van der Waals surface area contributed by atoms with Crippen LogP contribution < -0.4 is 9.47 Å². The molecule has 1 N–H and O–H groups in total.